The summed E-state index contributed by atoms with van der Waals surface area (Å²) in [7, 11) is 0. The highest BCUT2D eigenvalue weighted by Gasteiger charge is 2.29. The number of hydrogen-bond donors (Lipinski definition) is 2. The summed E-state index contributed by atoms with van der Waals surface area (Å²) in [6.07, 6.45) is 1.92. The number of amides is 1. The van der Waals surface area contributed by atoms with Crippen LogP contribution < -0.4 is 5.32 Å². The number of aryl methyl sites for hydroxylation is 1. The number of carbonyl (C=O) groups is 2. The number of ether oxygens (including phenoxy) is 1. The molecule has 5 nitrogen and oxygen atoms in total. The maximum atomic E-state index is 12.3. The van der Waals surface area contributed by atoms with Crippen LogP contribution in [0.25, 0.3) is 22.0 Å². The third kappa shape index (κ3) is 3.87. The van der Waals surface area contributed by atoms with Crippen LogP contribution >= 0.6 is 0 Å². The lowest BCUT2D eigenvalue weighted by molar-refractivity contribution is 0.0968. The predicted molar refractivity (Wildman–Crippen MR) is 136 cm³/mol. The second-order valence-corrected chi connectivity index (χ2v) is 9.00. The summed E-state index contributed by atoms with van der Waals surface area (Å²) in [5.41, 5.74) is 8.43. The average molecular weight is 461 g/mol. The zero-order valence-electron chi connectivity index (χ0n) is 19.2. The number of aromatic amines is 1. The van der Waals surface area contributed by atoms with Gasteiger partial charge in [0.05, 0.1) is 12.2 Å². The van der Waals surface area contributed by atoms with Crippen LogP contribution in [0.3, 0.4) is 0 Å². The van der Waals surface area contributed by atoms with Gasteiger partial charge in [0.25, 0.3) is 0 Å². The molecule has 0 atom stereocenters. The Morgan fingerprint density at radius 1 is 1.00 bits per heavy atom. The van der Waals surface area contributed by atoms with Crippen LogP contribution in [0.1, 0.15) is 51.5 Å². The van der Waals surface area contributed by atoms with E-state index in [0.717, 1.165) is 40.6 Å². The lowest BCUT2D eigenvalue weighted by Crippen LogP contribution is -2.26. The van der Waals surface area contributed by atoms with Gasteiger partial charge >= 0.3 is 6.09 Å². The smallest absolute Gasteiger partial charge is 0.407 e. The minimum Gasteiger partial charge on any atom is -0.449 e. The van der Waals surface area contributed by atoms with Gasteiger partial charge in [-0.15, -0.1) is 0 Å². The molecule has 0 fully saturated rings. The monoisotopic (exact) mass is 460 g/mol. The van der Waals surface area contributed by atoms with Crippen LogP contribution in [0, 0.1) is 11.8 Å². The SMILES string of the molecule is O=C(NCC#Cc1ccc2[nH]c3c(c2c1)CCCC3=O)OCC1c2ccccc2-c2ccccc21. The Hall–Kier alpha value is -4.30. The van der Waals surface area contributed by atoms with Crippen molar-refractivity contribution < 1.29 is 14.3 Å². The van der Waals surface area contributed by atoms with E-state index in [9.17, 15) is 9.59 Å². The van der Waals surface area contributed by atoms with E-state index in [0.29, 0.717) is 6.42 Å². The predicted octanol–water partition coefficient (Wildman–Crippen LogP) is 5.58. The van der Waals surface area contributed by atoms with Gasteiger partial charge in [0.1, 0.15) is 6.61 Å². The lowest BCUT2D eigenvalue weighted by Gasteiger charge is -2.14. The van der Waals surface area contributed by atoms with Crippen molar-refractivity contribution in [3.63, 3.8) is 0 Å². The van der Waals surface area contributed by atoms with Gasteiger partial charge in [-0.05, 0) is 58.9 Å². The molecule has 1 heterocycles. The van der Waals surface area contributed by atoms with E-state index in [1.165, 1.54) is 22.3 Å². The quantitative estimate of drug-likeness (QED) is 0.392. The molecule has 35 heavy (non-hydrogen) atoms. The molecule has 0 saturated carbocycles. The molecule has 2 N–H and O–H groups in total. The number of rotatable bonds is 3. The fourth-order valence-electron chi connectivity index (χ4n) is 5.29. The number of H-pyrrole nitrogens is 1. The zero-order chi connectivity index (χ0) is 23.8. The molecule has 3 aromatic carbocycles. The fraction of sp³-hybridized carbons (Fsp3) is 0.200. The molecular weight excluding hydrogens is 436 g/mol. The number of aromatic nitrogens is 1. The first-order valence-electron chi connectivity index (χ1n) is 11.9. The number of Topliss-reactive ketones (excluding diaryl/α,β-unsaturated/α-hetero) is 1. The van der Waals surface area contributed by atoms with E-state index in [1.54, 1.807) is 0 Å². The number of ketones is 1. The van der Waals surface area contributed by atoms with Crippen molar-refractivity contribution in [1.82, 2.24) is 10.3 Å². The fourth-order valence-corrected chi connectivity index (χ4v) is 5.29. The summed E-state index contributed by atoms with van der Waals surface area (Å²) in [6, 6.07) is 22.4. The second kappa shape index (κ2) is 8.81. The average Bonchev–Trinajstić information content (AvgIpc) is 3.42. The Morgan fingerprint density at radius 2 is 1.74 bits per heavy atom. The topological polar surface area (TPSA) is 71.2 Å². The van der Waals surface area contributed by atoms with E-state index < -0.39 is 6.09 Å². The normalized spacial score (nSPS) is 14.0. The van der Waals surface area contributed by atoms with Crippen LogP contribution in [0.2, 0.25) is 0 Å². The van der Waals surface area contributed by atoms with E-state index in [1.807, 2.05) is 42.5 Å². The van der Waals surface area contributed by atoms with Crippen molar-refractivity contribution in [3.8, 4) is 23.0 Å². The summed E-state index contributed by atoms with van der Waals surface area (Å²) < 4.78 is 5.56. The Morgan fingerprint density at radius 3 is 2.51 bits per heavy atom. The van der Waals surface area contributed by atoms with Crippen molar-refractivity contribution in [1.29, 1.82) is 0 Å². The van der Waals surface area contributed by atoms with Gasteiger partial charge in [-0.1, -0.05) is 60.4 Å². The number of hydrogen-bond acceptors (Lipinski definition) is 3. The number of benzene rings is 3. The first-order chi connectivity index (χ1) is 17.2. The molecule has 2 aliphatic rings. The maximum Gasteiger partial charge on any atom is 0.407 e. The molecule has 0 bridgehead atoms. The standard InChI is InChI=1S/C30H24N2O3/c33-28-13-5-12-24-25-17-19(14-15-27(25)32-29(24)28)7-6-16-31-30(34)35-18-26-22-10-3-1-8-20(22)21-9-2-4-11-23(21)26/h1-4,8-11,14-15,17,26,32H,5,12-13,16,18H2,(H,31,34). The summed E-state index contributed by atoms with van der Waals surface area (Å²) in [4.78, 5) is 27.7. The van der Waals surface area contributed by atoms with Crippen LogP contribution in [0.15, 0.2) is 66.7 Å². The minimum absolute atomic E-state index is 0.0325. The molecule has 0 aliphatic heterocycles. The Kier molecular flexibility index (Phi) is 5.35. The van der Waals surface area contributed by atoms with Crippen molar-refractivity contribution in [2.24, 2.45) is 0 Å². The van der Waals surface area contributed by atoms with Crippen LogP contribution in [0.5, 0.6) is 0 Å². The molecule has 1 aromatic heterocycles. The first-order valence-corrected chi connectivity index (χ1v) is 11.9. The van der Waals surface area contributed by atoms with Gasteiger partial charge in [0, 0.05) is 28.8 Å². The third-order valence-electron chi connectivity index (χ3n) is 6.91. The van der Waals surface area contributed by atoms with Crippen molar-refractivity contribution in [3.05, 3.63) is 94.7 Å². The van der Waals surface area contributed by atoms with E-state index in [4.69, 9.17) is 4.74 Å². The highest BCUT2D eigenvalue weighted by molar-refractivity contribution is 6.03. The number of carbonyl (C=O) groups excluding carboxylic acids is 2. The molecular formula is C30H24N2O3. The Bertz CT molecular complexity index is 1490. The van der Waals surface area contributed by atoms with Gasteiger partial charge in [0.15, 0.2) is 5.78 Å². The summed E-state index contributed by atoms with van der Waals surface area (Å²) in [5.74, 6) is 6.32. The van der Waals surface area contributed by atoms with Gasteiger partial charge in [-0.3, -0.25) is 4.79 Å². The largest absolute Gasteiger partial charge is 0.449 e. The highest BCUT2D eigenvalue weighted by atomic mass is 16.5. The number of fused-ring (bicyclic) bond motifs is 6. The molecule has 0 unspecified atom stereocenters. The summed E-state index contributed by atoms with van der Waals surface area (Å²) in [5, 5.41) is 3.79. The summed E-state index contributed by atoms with van der Waals surface area (Å²) in [6.45, 7) is 0.472. The van der Waals surface area contributed by atoms with Crippen molar-refractivity contribution >= 4 is 22.8 Å². The van der Waals surface area contributed by atoms with Gasteiger partial charge in [-0.2, -0.15) is 0 Å². The molecule has 2 aliphatic carbocycles. The molecule has 5 heteroatoms. The van der Waals surface area contributed by atoms with Crippen molar-refractivity contribution in [2.45, 2.75) is 25.2 Å². The number of nitrogens with one attached hydrogen (secondary N) is 2. The third-order valence-corrected chi connectivity index (χ3v) is 6.91. The van der Waals surface area contributed by atoms with Gasteiger partial charge in [-0.25, -0.2) is 4.79 Å². The zero-order valence-corrected chi connectivity index (χ0v) is 19.2. The van der Waals surface area contributed by atoms with Gasteiger partial charge < -0.3 is 15.0 Å². The molecule has 1 amide bonds. The molecule has 0 radical (unpaired) electrons. The van der Waals surface area contributed by atoms with E-state index >= 15 is 0 Å². The van der Waals surface area contributed by atoms with Crippen LogP contribution in [-0.2, 0) is 11.2 Å². The van der Waals surface area contributed by atoms with Crippen LogP contribution in [0.4, 0.5) is 4.79 Å². The highest BCUT2D eigenvalue weighted by Crippen LogP contribution is 2.44. The molecule has 0 spiro atoms. The maximum absolute atomic E-state index is 12.3. The molecule has 4 aromatic rings. The van der Waals surface area contributed by atoms with Crippen LogP contribution in [-0.4, -0.2) is 30.0 Å². The minimum atomic E-state index is -0.477. The van der Waals surface area contributed by atoms with Gasteiger partial charge in [0.2, 0.25) is 0 Å². The Balaban J connectivity index is 1.08. The molecule has 6 rings (SSSR count). The first kappa shape index (κ1) is 21.2. The molecule has 172 valence electrons. The van der Waals surface area contributed by atoms with E-state index in [2.05, 4.69) is 46.4 Å². The number of alkyl carbamates (subject to hydrolysis) is 1. The lowest BCUT2D eigenvalue weighted by atomic mass is 9.94. The Labute approximate surface area is 203 Å². The van der Waals surface area contributed by atoms with Crippen molar-refractivity contribution in [2.75, 3.05) is 13.2 Å². The molecule has 0 saturated heterocycles. The summed E-state index contributed by atoms with van der Waals surface area (Å²) >= 11 is 0. The van der Waals surface area contributed by atoms with E-state index in [-0.39, 0.29) is 24.9 Å². The second-order valence-electron chi connectivity index (χ2n) is 9.00.